The van der Waals surface area contributed by atoms with Gasteiger partial charge in [0.2, 0.25) is 0 Å². The third-order valence-electron chi connectivity index (χ3n) is 3.82. The molecule has 1 aromatic carbocycles. The number of aryl methyl sites for hydroxylation is 1. The summed E-state index contributed by atoms with van der Waals surface area (Å²) in [7, 11) is -4.26. The Labute approximate surface area is 145 Å². The Morgan fingerprint density at radius 1 is 1.20 bits per heavy atom. The molecule has 0 aliphatic carbocycles. The number of ether oxygens (including phenoxy) is 2. The summed E-state index contributed by atoms with van der Waals surface area (Å²) in [5.74, 6) is -2.06. The van der Waals surface area contributed by atoms with Crippen LogP contribution in [0.25, 0.3) is 0 Å². The summed E-state index contributed by atoms with van der Waals surface area (Å²) in [5, 5.41) is 0. The number of rotatable bonds is 7. The first-order chi connectivity index (χ1) is 11.7. The molecule has 1 aromatic rings. The Bertz CT molecular complexity index is 637. The van der Waals surface area contributed by atoms with E-state index >= 15 is 0 Å². The maximum Gasteiger partial charge on any atom is 0.396 e. The summed E-state index contributed by atoms with van der Waals surface area (Å²) in [6.45, 7) is 0.464. The lowest BCUT2D eigenvalue weighted by Gasteiger charge is -2.26. The number of halogens is 3. The lowest BCUT2D eigenvalue weighted by atomic mass is 10.1. The molecule has 0 spiro atoms. The first kappa shape index (κ1) is 20.2. The van der Waals surface area contributed by atoms with E-state index in [-0.39, 0.29) is 4.90 Å². The fourth-order valence-electron chi connectivity index (χ4n) is 2.25. The maximum absolute atomic E-state index is 13.1. The van der Waals surface area contributed by atoms with Crippen molar-refractivity contribution in [2.45, 2.75) is 43.5 Å². The third kappa shape index (κ3) is 6.25. The second-order valence-electron chi connectivity index (χ2n) is 5.92. The molecule has 2 atom stereocenters. The van der Waals surface area contributed by atoms with E-state index in [2.05, 4.69) is 4.18 Å². The van der Waals surface area contributed by atoms with Gasteiger partial charge in [0.15, 0.2) is 6.29 Å². The van der Waals surface area contributed by atoms with E-state index in [0.717, 1.165) is 18.4 Å². The normalized spacial score (nSPS) is 20.4. The van der Waals surface area contributed by atoms with Crippen LogP contribution in [0.1, 0.15) is 24.8 Å². The second kappa shape index (κ2) is 8.48. The molecule has 0 saturated carbocycles. The smallest absolute Gasteiger partial charge is 0.353 e. The van der Waals surface area contributed by atoms with Crippen molar-refractivity contribution < 1.29 is 35.2 Å². The van der Waals surface area contributed by atoms with E-state index in [1.54, 1.807) is 19.1 Å². The van der Waals surface area contributed by atoms with E-state index in [1.807, 2.05) is 0 Å². The minimum atomic E-state index is -4.64. The highest BCUT2D eigenvalue weighted by Crippen LogP contribution is 2.29. The SMILES string of the molecule is Cc1ccc(S(=O)(=O)OC[C@@H](COC2CCCCO2)C(F)(F)F)cc1. The minimum Gasteiger partial charge on any atom is -0.353 e. The fraction of sp³-hybridized carbons (Fsp3) is 0.625. The molecule has 25 heavy (non-hydrogen) atoms. The Balaban J connectivity index is 1.95. The van der Waals surface area contributed by atoms with E-state index < -0.39 is 41.7 Å². The van der Waals surface area contributed by atoms with Crippen molar-refractivity contribution in [2.75, 3.05) is 19.8 Å². The fourth-order valence-corrected chi connectivity index (χ4v) is 3.20. The van der Waals surface area contributed by atoms with Crippen LogP contribution in [0.3, 0.4) is 0 Å². The van der Waals surface area contributed by atoms with Crippen LogP contribution in [0, 0.1) is 12.8 Å². The molecule has 1 fully saturated rings. The van der Waals surface area contributed by atoms with Gasteiger partial charge in [-0.1, -0.05) is 17.7 Å². The lowest BCUT2D eigenvalue weighted by Crippen LogP contribution is -2.35. The number of hydrogen-bond donors (Lipinski definition) is 0. The molecule has 1 saturated heterocycles. The van der Waals surface area contributed by atoms with Gasteiger partial charge < -0.3 is 9.47 Å². The molecule has 9 heteroatoms. The number of benzene rings is 1. The molecule has 142 valence electrons. The predicted molar refractivity (Wildman–Crippen MR) is 83.4 cm³/mol. The summed E-state index contributed by atoms with van der Waals surface area (Å²) in [5.41, 5.74) is 0.827. The highest BCUT2D eigenvalue weighted by Gasteiger charge is 2.41. The van der Waals surface area contributed by atoms with Crippen LogP contribution < -0.4 is 0 Å². The number of alkyl halides is 3. The van der Waals surface area contributed by atoms with Crippen LogP contribution >= 0.6 is 0 Å². The van der Waals surface area contributed by atoms with Gasteiger partial charge in [0, 0.05) is 6.61 Å². The molecular weight excluding hydrogens is 361 g/mol. The van der Waals surface area contributed by atoms with Crippen molar-refractivity contribution in [1.29, 1.82) is 0 Å². The van der Waals surface area contributed by atoms with Gasteiger partial charge in [-0.3, -0.25) is 4.18 Å². The quantitative estimate of drug-likeness (QED) is 0.676. The highest BCUT2D eigenvalue weighted by molar-refractivity contribution is 7.86. The van der Waals surface area contributed by atoms with E-state index in [4.69, 9.17) is 9.47 Å². The van der Waals surface area contributed by atoms with Crippen LogP contribution in [-0.2, 0) is 23.8 Å². The van der Waals surface area contributed by atoms with Crippen LogP contribution in [0.2, 0.25) is 0 Å². The topological polar surface area (TPSA) is 61.8 Å². The second-order valence-corrected chi connectivity index (χ2v) is 7.54. The van der Waals surface area contributed by atoms with Gasteiger partial charge in [-0.25, -0.2) is 0 Å². The molecule has 0 radical (unpaired) electrons. The minimum absolute atomic E-state index is 0.185. The molecule has 0 aromatic heterocycles. The van der Waals surface area contributed by atoms with E-state index in [9.17, 15) is 21.6 Å². The van der Waals surface area contributed by atoms with Gasteiger partial charge in [-0.15, -0.1) is 0 Å². The van der Waals surface area contributed by atoms with Crippen LogP contribution in [0.5, 0.6) is 0 Å². The maximum atomic E-state index is 13.1. The molecule has 5 nitrogen and oxygen atoms in total. The molecule has 0 N–H and O–H groups in total. The van der Waals surface area contributed by atoms with Gasteiger partial charge in [-0.05, 0) is 38.3 Å². The van der Waals surface area contributed by atoms with Crippen LogP contribution in [0.4, 0.5) is 13.2 Å². The molecule has 0 bridgehead atoms. The van der Waals surface area contributed by atoms with E-state index in [1.165, 1.54) is 12.1 Å². The number of hydrogen-bond acceptors (Lipinski definition) is 5. The van der Waals surface area contributed by atoms with Gasteiger partial charge in [0.25, 0.3) is 10.1 Å². The Morgan fingerprint density at radius 2 is 1.88 bits per heavy atom. The molecule has 1 unspecified atom stereocenters. The van der Waals surface area contributed by atoms with E-state index in [0.29, 0.717) is 13.0 Å². The van der Waals surface area contributed by atoms with Gasteiger partial charge >= 0.3 is 6.18 Å². The average molecular weight is 382 g/mol. The zero-order chi connectivity index (χ0) is 18.5. The predicted octanol–water partition coefficient (Wildman–Crippen LogP) is 3.42. The zero-order valence-corrected chi connectivity index (χ0v) is 14.6. The molecule has 1 aliphatic heterocycles. The summed E-state index contributed by atoms with van der Waals surface area (Å²) < 4.78 is 78.4. The Morgan fingerprint density at radius 3 is 2.44 bits per heavy atom. The van der Waals surface area contributed by atoms with Crippen molar-refractivity contribution in [3.8, 4) is 0 Å². The van der Waals surface area contributed by atoms with Gasteiger partial charge in [0.05, 0.1) is 18.1 Å². The van der Waals surface area contributed by atoms with Crippen molar-refractivity contribution in [3.63, 3.8) is 0 Å². The molecule has 2 rings (SSSR count). The summed E-state index contributed by atoms with van der Waals surface area (Å²) in [4.78, 5) is -0.185. The van der Waals surface area contributed by atoms with Crippen molar-refractivity contribution >= 4 is 10.1 Å². The van der Waals surface area contributed by atoms with Crippen LogP contribution in [-0.4, -0.2) is 40.7 Å². The first-order valence-corrected chi connectivity index (χ1v) is 9.35. The lowest BCUT2D eigenvalue weighted by molar-refractivity contribution is -0.226. The summed E-state index contributed by atoms with van der Waals surface area (Å²) in [6, 6.07) is 5.67. The standard InChI is InChI=1S/C16H21F3O5S/c1-12-5-7-14(8-6-12)25(20,21)24-11-13(16(17,18)19)10-23-15-4-2-3-9-22-15/h5-8,13,15H,2-4,9-11H2,1H3/t13-,15?/m1/s1. The highest BCUT2D eigenvalue weighted by atomic mass is 32.2. The average Bonchev–Trinajstić information content (AvgIpc) is 2.55. The summed E-state index contributed by atoms with van der Waals surface area (Å²) >= 11 is 0. The first-order valence-electron chi connectivity index (χ1n) is 7.94. The van der Waals surface area contributed by atoms with Crippen molar-refractivity contribution in [3.05, 3.63) is 29.8 Å². The Kier molecular flexibility index (Phi) is 6.84. The van der Waals surface area contributed by atoms with Crippen LogP contribution in [0.15, 0.2) is 29.2 Å². The summed E-state index contributed by atoms with van der Waals surface area (Å²) in [6.07, 6.45) is -3.14. The largest absolute Gasteiger partial charge is 0.396 e. The zero-order valence-electron chi connectivity index (χ0n) is 13.8. The monoisotopic (exact) mass is 382 g/mol. The van der Waals surface area contributed by atoms with Gasteiger partial charge in [-0.2, -0.15) is 21.6 Å². The molecule has 1 heterocycles. The Hall–Kier alpha value is -1.16. The molecule has 0 amide bonds. The molecular formula is C16H21F3O5S. The van der Waals surface area contributed by atoms with Gasteiger partial charge in [0.1, 0.15) is 5.92 Å². The van der Waals surface area contributed by atoms with Crippen molar-refractivity contribution in [2.24, 2.45) is 5.92 Å². The molecule has 1 aliphatic rings. The van der Waals surface area contributed by atoms with Crippen molar-refractivity contribution in [1.82, 2.24) is 0 Å². The third-order valence-corrected chi connectivity index (χ3v) is 5.11.